The molecule has 4 rings (SSSR count). The number of rotatable bonds is 4. The van der Waals surface area contributed by atoms with Crippen LogP contribution in [-0.2, 0) is 10.3 Å². The normalized spacial score (nSPS) is 27.1. The van der Waals surface area contributed by atoms with Gasteiger partial charge in [-0.25, -0.2) is 9.97 Å². The van der Waals surface area contributed by atoms with Crippen LogP contribution in [0.2, 0.25) is 5.02 Å². The molecule has 2 aromatic heterocycles. The second-order valence-electron chi connectivity index (χ2n) is 7.02. The Balaban J connectivity index is 1.69. The summed E-state index contributed by atoms with van der Waals surface area (Å²) in [4.78, 5) is 8.43. The van der Waals surface area contributed by atoms with Gasteiger partial charge in [0.2, 0.25) is 0 Å². The number of nitrogens with zero attached hydrogens (tertiary/aromatic N) is 3. The van der Waals surface area contributed by atoms with Crippen molar-refractivity contribution in [2.45, 2.75) is 37.1 Å². The van der Waals surface area contributed by atoms with E-state index in [-0.39, 0.29) is 0 Å². The fourth-order valence-corrected chi connectivity index (χ4v) is 3.81. The third-order valence-electron chi connectivity index (χ3n) is 5.24. The predicted molar refractivity (Wildman–Crippen MR) is 104 cm³/mol. The molecule has 8 nitrogen and oxygen atoms in total. The number of halogens is 1. The van der Waals surface area contributed by atoms with Crippen LogP contribution in [0.4, 0.5) is 5.82 Å². The topological polar surface area (TPSA) is 113 Å². The smallest absolute Gasteiger partial charge is 0.164 e. The van der Waals surface area contributed by atoms with E-state index < -0.39 is 30.1 Å². The maximum atomic E-state index is 11.1. The Morgan fingerprint density at radius 1 is 1.14 bits per heavy atom. The van der Waals surface area contributed by atoms with Gasteiger partial charge in [-0.2, -0.15) is 0 Å². The lowest BCUT2D eigenvalue weighted by molar-refractivity contribution is -0.135. The fraction of sp³-hybridized carbons (Fsp3) is 0.368. The molecule has 1 aromatic carbocycles. The molecule has 0 amide bonds. The number of benzene rings is 1. The summed E-state index contributed by atoms with van der Waals surface area (Å²) in [6.07, 6.45) is -1.43. The van der Waals surface area contributed by atoms with E-state index in [1.54, 1.807) is 48.1 Å². The molecular weight excluding hydrogens is 384 g/mol. The van der Waals surface area contributed by atoms with Crippen molar-refractivity contribution in [1.82, 2.24) is 14.5 Å². The first-order chi connectivity index (χ1) is 13.3. The van der Waals surface area contributed by atoms with Crippen molar-refractivity contribution in [3.05, 3.63) is 53.4 Å². The van der Waals surface area contributed by atoms with Crippen LogP contribution in [0, 0.1) is 0 Å². The lowest BCUT2D eigenvalue weighted by Crippen LogP contribution is -2.45. The molecule has 0 unspecified atom stereocenters. The Bertz CT molecular complexity index is 991. The molecule has 0 aliphatic carbocycles. The fourth-order valence-electron chi connectivity index (χ4n) is 3.68. The van der Waals surface area contributed by atoms with E-state index in [1.807, 2.05) is 0 Å². The summed E-state index contributed by atoms with van der Waals surface area (Å²) in [7, 11) is 1.75. The van der Waals surface area contributed by atoms with Crippen molar-refractivity contribution in [2.24, 2.45) is 0 Å². The molecule has 1 fully saturated rings. The molecule has 0 bridgehead atoms. The minimum atomic E-state index is -1.55. The summed E-state index contributed by atoms with van der Waals surface area (Å²) in [5.41, 5.74) is -0.485. The van der Waals surface area contributed by atoms with Crippen molar-refractivity contribution in [1.29, 1.82) is 0 Å². The highest BCUT2D eigenvalue weighted by atomic mass is 35.5. The molecule has 0 saturated carbocycles. The molecule has 28 heavy (non-hydrogen) atoms. The van der Waals surface area contributed by atoms with Crippen LogP contribution in [0.1, 0.15) is 18.7 Å². The van der Waals surface area contributed by atoms with Crippen LogP contribution in [-0.4, -0.2) is 55.2 Å². The number of aliphatic hydroxyl groups excluding tert-OH is 2. The van der Waals surface area contributed by atoms with E-state index in [1.165, 1.54) is 13.3 Å². The molecule has 148 valence electrons. The summed E-state index contributed by atoms with van der Waals surface area (Å²) in [5.74, 6) is 0.640. The first-order valence-corrected chi connectivity index (χ1v) is 9.21. The van der Waals surface area contributed by atoms with Gasteiger partial charge in [0.05, 0.1) is 5.39 Å². The zero-order valence-corrected chi connectivity index (χ0v) is 16.1. The van der Waals surface area contributed by atoms with Gasteiger partial charge < -0.3 is 29.9 Å². The monoisotopic (exact) mass is 404 g/mol. The number of anilines is 1. The standard InChI is InChI=1S/C19H21ClN4O4/c1-19(27,10-3-5-11(20)6-4-10)15-13(25)14(26)18(28-15)24-8-7-12-16(21-2)22-9-23-17(12)24/h3-9,13-15,18,25-27H,1-2H3,(H,21,22,23)/t13-,14+,15-,18+,19+/m0/s1. The lowest BCUT2D eigenvalue weighted by Gasteiger charge is -2.32. The van der Waals surface area contributed by atoms with Gasteiger partial charge in [0.25, 0.3) is 0 Å². The van der Waals surface area contributed by atoms with Crippen LogP contribution < -0.4 is 5.32 Å². The van der Waals surface area contributed by atoms with E-state index in [0.29, 0.717) is 22.1 Å². The van der Waals surface area contributed by atoms with Crippen molar-refractivity contribution < 1.29 is 20.1 Å². The minimum Gasteiger partial charge on any atom is -0.387 e. The zero-order valence-electron chi connectivity index (χ0n) is 15.3. The van der Waals surface area contributed by atoms with Crippen molar-refractivity contribution in [3.8, 4) is 0 Å². The van der Waals surface area contributed by atoms with Crippen LogP contribution in [0.15, 0.2) is 42.9 Å². The number of ether oxygens (including phenoxy) is 1. The third kappa shape index (κ3) is 2.94. The molecule has 1 aliphatic heterocycles. The van der Waals surface area contributed by atoms with Gasteiger partial charge in [-0.15, -0.1) is 0 Å². The number of hydrogen-bond donors (Lipinski definition) is 4. The number of aliphatic hydroxyl groups is 3. The Kier molecular flexibility index (Phi) is 4.76. The SMILES string of the molecule is CNc1ncnc2c1ccn2[C@@H]1O[C@H]([C@](C)(O)c2ccc(Cl)cc2)[C@@H](O)[C@H]1O. The molecule has 1 saturated heterocycles. The number of hydrogen-bond acceptors (Lipinski definition) is 7. The highest BCUT2D eigenvalue weighted by Gasteiger charge is 2.52. The maximum absolute atomic E-state index is 11.1. The van der Waals surface area contributed by atoms with E-state index in [9.17, 15) is 15.3 Å². The summed E-state index contributed by atoms with van der Waals surface area (Å²) in [6, 6.07) is 8.42. The van der Waals surface area contributed by atoms with Crippen LogP contribution in [0.5, 0.6) is 0 Å². The van der Waals surface area contributed by atoms with E-state index in [0.717, 1.165) is 5.39 Å². The minimum absolute atomic E-state index is 0.519. The number of nitrogens with one attached hydrogen (secondary N) is 1. The van der Waals surface area contributed by atoms with Gasteiger partial charge in [0.15, 0.2) is 6.23 Å². The van der Waals surface area contributed by atoms with E-state index >= 15 is 0 Å². The first-order valence-electron chi connectivity index (χ1n) is 8.84. The molecule has 3 heterocycles. The zero-order chi connectivity index (χ0) is 20.1. The lowest BCUT2D eigenvalue weighted by atomic mass is 9.87. The second kappa shape index (κ2) is 6.98. The van der Waals surface area contributed by atoms with Gasteiger partial charge in [-0.1, -0.05) is 23.7 Å². The number of fused-ring (bicyclic) bond motifs is 1. The highest BCUT2D eigenvalue weighted by Crippen LogP contribution is 2.40. The summed E-state index contributed by atoms with van der Waals surface area (Å²) >= 11 is 5.92. The Morgan fingerprint density at radius 3 is 2.54 bits per heavy atom. The molecule has 4 N–H and O–H groups in total. The van der Waals surface area contributed by atoms with Crippen molar-refractivity contribution in [2.75, 3.05) is 12.4 Å². The van der Waals surface area contributed by atoms with Gasteiger partial charge in [-0.3, -0.25) is 0 Å². The molecular formula is C19H21ClN4O4. The highest BCUT2D eigenvalue weighted by molar-refractivity contribution is 6.30. The quantitative estimate of drug-likeness (QED) is 0.523. The molecule has 0 radical (unpaired) electrons. The first kappa shape index (κ1) is 19.1. The van der Waals surface area contributed by atoms with E-state index in [4.69, 9.17) is 16.3 Å². The molecule has 0 spiro atoms. The Hall–Kier alpha value is -2.23. The Morgan fingerprint density at radius 2 is 1.86 bits per heavy atom. The average Bonchev–Trinajstić information content (AvgIpc) is 3.24. The van der Waals surface area contributed by atoms with Crippen molar-refractivity contribution >= 4 is 28.5 Å². The largest absolute Gasteiger partial charge is 0.387 e. The van der Waals surface area contributed by atoms with Gasteiger partial charge in [0.1, 0.15) is 41.7 Å². The maximum Gasteiger partial charge on any atom is 0.164 e. The van der Waals surface area contributed by atoms with Crippen LogP contribution in [0.3, 0.4) is 0 Å². The molecule has 5 atom stereocenters. The van der Waals surface area contributed by atoms with Crippen LogP contribution in [0.25, 0.3) is 11.0 Å². The van der Waals surface area contributed by atoms with Gasteiger partial charge >= 0.3 is 0 Å². The third-order valence-corrected chi connectivity index (χ3v) is 5.49. The molecule has 3 aromatic rings. The van der Waals surface area contributed by atoms with Crippen LogP contribution >= 0.6 is 11.6 Å². The second-order valence-corrected chi connectivity index (χ2v) is 7.45. The predicted octanol–water partition coefficient (Wildman–Crippen LogP) is 1.65. The average molecular weight is 405 g/mol. The summed E-state index contributed by atoms with van der Waals surface area (Å²) < 4.78 is 7.59. The molecule has 1 aliphatic rings. The van der Waals surface area contributed by atoms with Gasteiger partial charge in [0, 0.05) is 18.3 Å². The Labute approximate surface area is 166 Å². The molecule has 9 heteroatoms. The summed E-state index contributed by atoms with van der Waals surface area (Å²) in [6.45, 7) is 1.54. The number of aromatic nitrogens is 3. The summed E-state index contributed by atoms with van der Waals surface area (Å²) in [5, 5.41) is 36.6. The van der Waals surface area contributed by atoms with Gasteiger partial charge in [-0.05, 0) is 30.7 Å². The van der Waals surface area contributed by atoms with E-state index in [2.05, 4.69) is 15.3 Å². The van der Waals surface area contributed by atoms with Crippen molar-refractivity contribution in [3.63, 3.8) is 0 Å².